The highest BCUT2D eigenvalue weighted by Crippen LogP contribution is 2.12. The second kappa shape index (κ2) is 4.90. The van der Waals surface area contributed by atoms with E-state index in [1.54, 1.807) is 10.9 Å². The van der Waals surface area contributed by atoms with Crippen LogP contribution in [-0.4, -0.2) is 16.3 Å². The zero-order valence-corrected chi connectivity index (χ0v) is 8.52. The molecule has 4 heteroatoms. The molecule has 0 saturated carbocycles. The Balaban J connectivity index is 2.47. The summed E-state index contributed by atoms with van der Waals surface area (Å²) in [6.45, 7) is 3.20. The van der Waals surface area contributed by atoms with Gasteiger partial charge in [0.15, 0.2) is 0 Å². The average Bonchev–Trinajstić information content (AvgIpc) is 2.42. The molecule has 3 nitrogen and oxygen atoms in total. The maximum atomic E-state index is 5.90. The van der Waals surface area contributed by atoms with Gasteiger partial charge in [-0.25, -0.2) is 0 Å². The highest BCUT2D eigenvalue weighted by atomic mass is 35.5. The molecule has 0 spiro atoms. The van der Waals surface area contributed by atoms with Crippen LogP contribution < -0.4 is 5.32 Å². The lowest BCUT2D eigenvalue weighted by molar-refractivity contribution is 0.658. The van der Waals surface area contributed by atoms with E-state index in [0.717, 1.165) is 5.69 Å². The molecule has 0 aliphatic carbocycles. The molecule has 1 aromatic rings. The minimum absolute atomic E-state index is 0.679. The van der Waals surface area contributed by atoms with Gasteiger partial charge in [0.05, 0.1) is 23.5 Å². The first kappa shape index (κ1) is 10.1. The Morgan fingerprint density at radius 2 is 2.46 bits per heavy atom. The third-order valence-corrected chi connectivity index (χ3v) is 2.01. The fourth-order valence-electron chi connectivity index (χ4n) is 0.967. The van der Waals surface area contributed by atoms with E-state index in [1.165, 1.54) is 0 Å². The summed E-state index contributed by atoms with van der Waals surface area (Å²) in [4.78, 5) is 0. The molecule has 0 saturated heterocycles. The first-order valence-corrected chi connectivity index (χ1v) is 4.40. The van der Waals surface area contributed by atoms with Crippen LogP contribution in [0.2, 0.25) is 5.02 Å². The SMILES string of the molecule is CC#CCNCc1c(Cl)cnn1C. The first-order chi connectivity index (χ1) is 6.25. The van der Waals surface area contributed by atoms with Gasteiger partial charge in [-0.2, -0.15) is 5.10 Å². The number of aryl methyl sites for hydroxylation is 1. The molecule has 1 rings (SSSR count). The number of aromatic nitrogens is 2. The van der Waals surface area contributed by atoms with Crippen molar-refractivity contribution >= 4 is 11.6 Å². The third kappa shape index (κ3) is 2.76. The van der Waals surface area contributed by atoms with Crippen LogP contribution in [0.5, 0.6) is 0 Å². The summed E-state index contributed by atoms with van der Waals surface area (Å²) in [5.74, 6) is 5.72. The summed E-state index contributed by atoms with van der Waals surface area (Å²) in [6.07, 6.45) is 1.64. The fourth-order valence-corrected chi connectivity index (χ4v) is 1.20. The maximum Gasteiger partial charge on any atom is 0.0831 e. The molecule has 1 N–H and O–H groups in total. The summed E-state index contributed by atoms with van der Waals surface area (Å²) in [7, 11) is 1.87. The molecule has 0 amide bonds. The molecule has 0 aliphatic heterocycles. The first-order valence-electron chi connectivity index (χ1n) is 4.02. The predicted molar refractivity (Wildman–Crippen MR) is 53.4 cm³/mol. The normalized spacial score (nSPS) is 9.46. The average molecular weight is 198 g/mol. The van der Waals surface area contributed by atoms with Crippen LogP contribution in [-0.2, 0) is 13.6 Å². The smallest absolute Gasteiger partial charge is 0.0831 e. The van der Waals surface area contributed by atoms with Crippen molar-refractivity contribution in [1.29, 1.82) is 0 Å². The van der Waals surface area contributed by atoms with E-state index in [-0.39, 0.29) is 0 Å². The van der Waals surface area contributed by atoms with Gasteiger partial charge in [0, 0.05) is 13.6 Å². The van der Waals surface area contributed by atoms with Gasteiger partial charge in [-0.15, -0.1) is 5.92 Å². The van der Waals surface area contributed by atoms with Crippen molar-refractivity contribution in [2.45, 2.75) is 13.5 Å². The van der Waals surface area contributed by atoms with E-state index < -0.39 is 0 Å². The van der Waals surface area contributed by atoms with Crippen LogP contribution in [0.4, 0.5) is 0 Å². The molecule has 13 heavy (non-hydrogen) atoms. The van der Waals surface area contributed by atoms with E-state index in [9.17, 15) is 0 Å². The maximum absolute atomic E-state index is 5.90. The van der Waals surface area contributed by atoms with E-state index in [4.69, 9.17) is 11.6 Å². The van der Waals surface area contributed by atoms with Gasteiger partial charge in [0.1, 0.15) is 0 Å². The number of nitrogens with one attached hydrogen (secondary N) is 1. The fraction of sp³-hybridized carbons (Fsp3) is 0.444. The van der Waals surface area contributed by atoms with Crippen LogP contribution in [0.1, 0.15) is 12.6 Å². The Morgan fingerprint density at radius 3 is 3.00 bits per heavy atom. The minimum Gasteiger partial charge on any atom is -0.300 e. The van der Waals surface area contributed by atoms with Crippen molar-refractivity contribution in [3.8, 4) is 11.8 Å². The summed E-state index contributed by atoms with van der Waals surface area (Å²) < 4.78 is 1.76. The molecule has 0 fully saturated rings. The van der Waals surface area contributed by atoms with Crippen LogP contribution in [0, 0.1) is 11.8 Å². The molecular weight excluding hydrogens is 186 g/mol. The lowest BCUT2D eigenvalue weighted by atomic mass is 10.4. The van der Waals surface area contributed by atoms with E-state index in [1.807, 2.05) is 14.0 Å². The van der Waals surface area contributed by atoms with Crippen molar-refractivity contribution in [1.82, 2.24) is 15.1 Å². The Bertz CT molecular complexity index is 313. The van der Waals surface area contributed by atoms with Crippen LogP contribution in [0.25, 0.3) is 0 Å². The Labute approximate surface area is 83.1 Å². The molecule has 70 valence electrons. The second-order valence-corrected chi connectivity index (χ2v) is 3.00. The lowest BCUT2D eigenvalue weighted by Crippen LogP contribution is -2.16. The van der Waals surface area contributed by atoms with Gasteiger partial charge < -0.3 is 5.32 Å². The van der Waals surface area contributed by atoms with E-state index in [0.29, 0.717) is 18.1 Å². The van der Waals surface area contributed by atoms with Gasteiger partial charge in [0.2, 0.25) is 0 Å². The van der Waals surface area contributed by atoms with Gasteiger partial charge in [0.25, 0.3) is 0 Å². The molecule has 0 aliphatic rings. The Kier molecular flexibility index (Phi) is 3.81. The monoisotopic (exact) mass is 197 g/mol. The molecule has 0 radical (unpaired) electrons. The minimum atomic E-state index is 0.679. The topological polar surface area (TPSA) is 29.9 Å². The quantitative estimate of drug-likeness (QED) is 0.583. The Morgan fingerprint density at radius 1 is 1.69 bits per heavy atom. The van der Waals surface area contributed by atoms with Crippen LogP contribution >= 0.6 is 11.6 Å². The highest BCUT2D eigenvalue weighted by molar-refractivity contribution is 6.31. The van der Waals surface area contributed by atoms with Crippen molar-refractivity contribution in [2.24, 2.45) is 7.05 Å². The molecule has 0 atom stereocenters. The Hall–Kier alpha value is -0.980. The van der Waals surface area contributed by atoms with Crippen LogP contribution in [0.15, 0.2) is 6.20 Å². The van der Waals surface area contributed by atoms with Crippen molar-refractivity contribution in [2.75, 3.05) is 6.54 Å². The predicted octanol–water partition coefficient (Wildman–Crippen LogP) is 1.19. The molecule has 0 aromatic carbocycles. The molecule has 0 bridgehead atoms. The van der Waals surface area contributed by atoms with Gasteiger partial charge in [-0.1, -0.05) is 17.5 Å². The van der Waals surface area contributed by atoms with Gasteiger partial charge in [-0.05, 0) is 6.92 Å². The number of rotatable bonds is 3. The van der Waals surface area contributed by atoms with E-state index in [2.05, 4.69) is 22.3 Å². The zero-order valence-electron chi connectivity index (χ0n) is 7.76. The van der Waals surface area contributed by atoms with Crippen molar-refractivity contribution < 1.29 is 0 Å². The summed E-state index contributed by atoms with van der Waals surface area (Å²) >= 11 is 5.90. The van der Waals surface area contributed by atoms with Crippen molar-refractivity contribution in [3.63, 3.8) is 0 Å². The number of hydrogen-bond acceptors (Lipinski definition) is 2. The number of nitrogens with zero attached hydrogens (tertiary/aromatic N) is 2. The second-order valence-electron chi connectivity index (χ2n) is 2.59. The number of halogens is 1. The molecule has 1 aromatic heterocycles. The van der Waals surface area contributed by atoms with Gasteiger partial charge >= 0.3 is 0 Å². The molecule has 0 unspecified atom stereocenters. The molecule has 1 heterocycles. The highest BCUT2D eigenvalue weighted by Gasteiger charge is 2.03. The van der Waals surface area contributed by atoms with Crippen LogP contribution in [0.3, 0.4) is 0 Å². The van der Waals surface area contributed by atoms with Gasteiger partial charge in [-0.3, -0.25) is 4.68 Å². The summed E-state index contributed by atoms with van der Waals surface area (Å²) in [5.41, 5.74) is 0.986. The zero-order chi connectivity index (χ0) is 9.68. The van der Waals surface area contributed by atoms with E-state index >= 15 is 0 Å². The molecular formula is C9H12ClN3. The lowest BCUT2D eigenvalue weighted by Gasteiger charge is -2.01. The number of hydrogen-bond donors (Lipinski definition) is 1. The standard InChI is InChI=1S/C9H12ClN3/c1-3-4-5-11-7-9-8(10)6-12-13(9)2/h6,11H,5,7H2,1-2H3. The summed E-state index contributed by atoms with van der Waals surface area (Å²) in [6, 6.07) is 0. The summed E-state index contributed by atoms with van der Waals surface area (Å²) in [5, 5.41) is 7.87. The largest absolute Gasteiger partial charge is 0.300 e. The van der Waals surface area contributed by atoms with Crippen molar-refractivity contribution in [3.05, 3.63) is 16.9 Å². The third-order valence-electron chi connectivity index (χ3n) is 1.69.